The number of benzene rings is 1. The molecule has 1 aliphatic heterocycles. The highest BCUT2D eigenvalue weighted by Gasteiger charge is 2.28. The molecule has 1 aromatic heterocycles. The quantitative estimate of drug-likeness (QED) is 0.724. The lowest BCUT2D eigenvalue weighted by Gasteiger charge is -2.25. The van der Waals surface area contributed by atoms with Crippen LogP contribution < -0.4 is 5.32 Å². The van der Waals surface area contributed by atoms with Crippen molar-refractivity contribution >= 4 is 15.9 Å². The van der Waals surface area contributed by atoms with Gasteiger partial charge in [-0.15, -0.1) is 0 Å². The van der Waals surface area contributed by atoms with Crippen LogP contribution in [0.25, 0.3) is 0 Å². The highest BCUT2D eigenvalue weighted by Crippen LogP contribution is 2.19. The van der Waals surface area contributed by atoms with Gasteiger partial charge in [0.25, 0.3) is 5.91 Å². The first-order chi connectivity index (χ1) is 13.0. The van der Waals surface area contributed by atoms with Crippen LogP contribution in [-0.2, 0) is 28.2 Å². The summed E-state index contributed by atoms with van der Waals surface area (Å²) in [5.41, 5.74) is 1.56. The minimum atomic E-state index is -3.61. The zero-order valence-electron chi connectivity index (χ0n) is 15.4. The van der Waals surface area contributed by atoms with E-state index in [-0.39, 0.29) is 10.8 Å². The minimum absolute atomic E-state index is 0.140. The van der Waals surface area contributed by atoms with Crippen molar-refractivity contribution in [2.24, 2.45) is 7.05 Å². The van der Waals surface area contributed by atoms with Gasteiger partial charge < -0.3 is 14.6 Å². The van der Waals surface area contributed by atoms with Crippen molar-refractivity contribution in [1.29, 1.82) is 0 Å². The van der Waals surface area contributed by atoms with Crippen molar-refractivity contribution in [1.82, 2.24) is 14.2 Å². The molecule has 0 spiro atoms. The summed E-state index contributed by atoms with van der Waals surface area (Å²) in [5, 5.41) is 2.87. The lowest BCUT2D eigenvalue weighted by Crippen LogP contribution is -2.40. The second-order valence-electron chi connectivity index (χ2n) is 6.53. The zero-order valence-corrected chi connectivity index (χ0v) is 16.2. The number of sulfonamides is 1. The van der Waals surface area contributed by atoms with E-state index in [0.717, 1.165) is 12.8 Å². The monoisotopic (exact) mass is 391 g/mol. The first kappa shape index (κ1) is 19.6. The molecule has 1 amide bonds. The number of hydrogen-bond acceptors (Lipinski definition) is 4. The Labute approximate surface area is 160 Å². The Hall–Kier alpha value is -2.16. The normalized spacial score (nSPS) is 15.6. The van der Waals surface area contributed by atoms with Crippen molar-refractivity contribution in [3.8, 4) is 0 Å². The summed E-state index contributed by atoms with van der Waals surface area (Å²) in [6, 6.07) is 11.5. The molecule has 1 N–H and O–H groups in total. The average molecular weight is 391 g/mol. The molecule has 0 atom stereocenters. The van der Waals surface area contributed by atoms with Crippen LogP contribution in [0.1, 0.15) is 22.5 Å². The van der Waals surface area contributed by atoms with Gasteiger partial charge in [0.2, 0.25) is 10.0 Å². The molecule has 0 radical (unpaired) electrons. The van der Waals surface area contributed by atoms with Crippen molar-refractivity contribution < 1.29 is 17.9 Å². The molecule has 0 aliphatic carbocycles. The molecule has 0 bridgehead atoms. The Kier molecular flexibility index (Phi) is 6.30. The van der Waals surface area contributed by atoms with Gasteiger partial charge >= 0.3 is 0 Å². The molecule has 146 valence electrons. The molecule has 1 saturated heterocycles. The molecule has 7 nitrogen and oxygen atoms in total. The summed E-state index contributed by atoms with van der Waals surface area (Å²) in [6.45, 7) is 1.97. The number of hydrogen-bond donors (Lipinski definition) is 1. The van der Waals surface area contributed by atoms with Crippen LogP contribution in [0.15, 0.2) is 47.5 Å². The maximum atomic E-state index is 12.7. The van der Waals surface area contributed by atoms with E-state index in [1.165, 1.54) is 22.1 Å². The molecule has 0 saturated carbocycles. The van der Waals surface area contributed by atoms with Gasteiger partial charge in [-0.1, -0.05) is 30.3 Å². The highest BCUT2D eigenvalue weighted by atomic mass is 32.2. The molecule has 1 aromatic carbocycles. The van der Waals surface area contributed by atoms with Crippen molar-refractivity contribution in [2.75, 3.05) is 32.8 Å². The number of nitrogens with one attached hydrogen (secondary N) is 1. The third-order valence-corrected chi connectivity index (χ3v) is 6.45. The third-order valence-electron chi connectivity index (χ3n) is 4.59. The third kappa shape index (κ3) is 4.77. The van der Waals surface area contributed by atoms with Crippen LogP contribution in [0.5, 0.6) is 0 Å². The summed E-state index contributed by atoms with van der Waals surface area (Å²) in [7, 11) is -1.93. The predicted octanol–water partition coefficient (Wildman–Crippen LogP) is 1.41. The Bertz CT molecular complexity index is 872. The van der Waals surface area contributed by atoms with E-state index in [2.05, 4.69) is 17.4 Å². The Morgan fingerprint density at radius 1 is 1.19 bits per heavy atom. The van der Waals surface area contributed by atoms with Crippen molar-refractivity contribution in [2.45, 2.75) is 17.7 Å². The van der Waals surface area contributed by atoms with Gasteiger partial charge in [-0.3, -0.25) is 4.79 Å². The summed E-state index contributed by atoms with van der Waals surface area (Å²) < 4.78 is 33.6. The van der Waals surface area contributed by atoms with E-state index < -0.39 is 10.0 Å². The fourth-order valence-electron chi connectivity index (χ4n) is 3.07. The van der Waals surface area contributed by atoms with Gasteiger partial charge in [0.1, 0.15) is 10.6 Å². The predicted molar refractivity (Wildman–Crippen MR) is 102 cm³/mol. The minimum Gasteiger partial charge on any atom is -0.379 e. The summed E-state index contributed by atoms with van der Waals surface area (Å²) in [6.07, 6.45) is 3.19. The first-order valence-corrected chi connectivity index (χ1v) is 10.5. The van der Waals surface area contributed by atoms with E-state index in [4.69, 9.17) is 4.74 Å². The van der Waals surface area contributed by atoms with E-state index in [9.17, 15) is 13.2 Å². The van der Waals surface area contributed by atoms with Crippen LogP contribution in [-0.4, -0.2) is 56.0 Å². The number of ether oxygens (including phenoxy) is 1. The topological polar surface area (TPSA) is 80.6 Å². The maximum absolute atomic E-state index is 12.7. The van der Waals surface area contributed by atoms with Gasteiger partial charge in [-0.05, 0) is 24.5 Å². The number of nitrogens with zero attached hydrogens (tertiary/aromatic N) is 2. The zero-order chi connectivity index (χ0) is 19.3. The number of aromatic nitrogens is 1. The SMILES string of the molecule is Cn1cc(S(=O)(=O)N2CCOCC2)cc1C(=O)NCCCc1ccccc1. The van der Waals surface area contributed by atoms with Crippen LogP contribution >= 0.6 is 0 Å². The Balaban J connectivity index is 1.59. The van der Waals surface area contributed by atoms with Gasteiger partial charge in [0.15, 0.2) is 0 Å². The molecule has 3 rings (SSSR count). The standard InChI is InChI=1S/C19H25N3O4S/c1-21-15-17(27(24,25)22-10-12-26-13-11-22)14-18(21)19(23)20-9-5-8-16-6-3-2-4-7-16/h2-4,6-7,14-15H,5,8-13H2,1H3,(H,20,23). The van der Waals surface area contributed by atoms with Crippen LogP contribution in [0.3, 0.4) is 0 Å². The Morgan fingerprint density at radius 3 is 2.59 bits per heavy atom. The van der Waals surface area contributed by atoms with Gasteiger partial charge in [-0.25, -0.2) is 8.42 Å². The molecule has 2 heterocycles. The van der Waals surface area contributed by atoms with Crippen LogP contribution in [0.2, 0.25) is 0 Å². The lowest BCUT2D eigenvalue weighted by atomic mass is 10.1. The van der Waals surface area contributed by atoms with E-state index in [1.54, 1.807) is 11.6 Å². The molecule has 1 aliphatic rings. The second kappa shape index (κ2) is 8.69. The maximum Gasteiger partial charge on any atom is 0.267 e. The fraction of sp³-hybridized carbons (Fsp3) is 0.421. The molecular weight excluding hydrogens is 366 g/mol. The number of amides is 1. The molecule has 2 aromatic rings. The van der Waals surface area contributed by atoms with Crippen LogP contribution in [0.4, 0.5) is 0 Å². The number of carbonyl (C=O) groups is 1. The highest BCUT2D eigenvalue weighted by molar-refractivity contribution is 7.89. The summed E-state index contributed by atoms with van der Waals surface area (Å²) >= 11 is 0. The first-order valence-electron chi connectivity index (χ1n) is 9.05. The van der Waals surface area contributed by atoms with E-state index >= 15 is 0 Å². The van der Waals surface area contributed by atoms with Crippen molar-refractivity contribution in [3.05, 3.63) is 53.9 Å². The van der Waals surface area contributed by atoms with E-state index in [0.29, 0.717) is 38.5 Å². The molecule has 0 unspecified atom stereocenters. The van der Waals surface area contributed by atoms with Crippen molar-refractivity contribution in [3.63, 3.8) is 0 Å². The average Bonchev–Trinajstić information content (AvgIpc) is 3.09. The Morgan fingerprint density at radius 2 is 1.89 bits per heavy atom. The van der Waals surface area contributed by atoms with E-state index in [1.807, 2.05) is 18.2 Å². The molecule has 1 fully saturated rings. The number of carbonyl (C=O) groups excluding carboxylic acids is 1. The number of rotatable bonds is 7. The molecule has 27 heavy (non-hydrogen) atoms. The molecule has 8 heteroatoms. The largest absolute Gasteiger partial charge is 0.379 e. The number of morpholine rings is 1. The number of aryl methyl sites for hydroxylation is 2. The van der Waals surface area contributed by atoms with Gasteiger partial charge in [-0.2, -0.15) is 4.31 Å². The van der Waals surface area contributed by atoms with Gasteiger partial charge in [0, 0.05) is 32.9 Å². The van der Waals surface area contributed by atoms with Crippen LogP contribution in [0, 0.1) is 0 Å². The lowest BCUT2D eigenvalue weighted by molar-refractivity contribution is 0.0730. The van der Waals surface area contributed by atoms with Gasteiger partial charge in [0.05, 0.1) is 13.2 Å². The summed E-state index contributed by atoms with van der Waals surface area (Å²) in [4.78, 5) is 12.6. The molecular formula is C19H25N3O4S. The smallest absolute Gasteiger partial charge is 0.267 e. The summed E-state index contributed by atoms with van der Waals surface area (Å²) in [5.74, 6) is -0.269. The fourth-order valence-corrected chi connectivity index (χ4v) is 4.55. The second-order valence-corrected chi connectivity index (χ2v) is 8.47.